The Morgan fingerprint density at radius 3 is 2.75 bits per heavy atom. The number of cyclic esters (lactones) is 1. The van der Waals surface area contributed by atoms with Gasteiger partial charge in [0, 0.05) is 5.92 Å². The summed E-state index contributed by atoms with van der Waals surface area (Å²) in [6.45, 7) is 1.85. The molecule has 1 aliphatic carbocycles. The van der Waals surface area contributed by atoms with E-state index in [1.807, 2.05) is 13.0 Å². The first kappa shape index (κ1) is 13.5. The minimum atomic E-state index is -0.925. The van der Waals surface area contributed by atoms with E-state index in [1.165, 1.54) is 11.8 Å². The van der Waals surface area contributed by atoms with Crippen LogP contribution in [0.3, 0.4) is 0 Å². The summed E-state index contributed by atoms with van der Waals surface area (Å²) in [6, 6.07) is 7.00. The first-order valence-electron chi connectivity index (χ1n) is 6.75. The third-order valence-corrected chi connectivity index (χ3v) is 5.10. The molecule has 0 bridgehead atoms. The number of carboxylic acid groups (broad SMARTS) is 1. The van der Waals surface area contributed by atoms with Crippen LogP contribution in [-0.2, 0) is 9.53 Å². The van der Waals surface area contributed by atoms with E-state index >= 15 is 0 Å². The third kappa shape index (κ3) is 2.54. The van der Waals surface area contributed by atoms with Crippen molar-refractivity contribution in [1.29, 1.82) is 0 Å². The fourth-order valence-electron chi connectivity index (χ4n) is 2.64. The zero-order valence-electron chi connectivity index (χ0n) is 11.1. The van der Waals surface area contributed by atoms with E-state index in [9.17, 15) is 9.59 Å². The largest absolute Gasteiger partial charge is 0.478 e. The molecule has 20 heavy (non-hydrogen) atoms. The summed E-state index contributed by atoms with van der Waals surface area (Å²) in [6.07, 6.45) is 2.23. The summed E-state index contributed by atoms with van der Waals surface area (Å²) >= 11 is 1.54. The lowest BCUT2D eigenvalue weighted by molar-refractivity contribution is -0.142. The van der Waals surface area contributed by atoms with Crippen molar-refractivity contribution in [2.24, 2.45) is 5.92 Å². The molecular weight excluding hydrogens is 276 g/mol. The number of thioether (sulfide) groups is 1. The Morgan fingerprint density at radius 2 is 2.20 bits per heavy atom. The Balaban J connectivity index is 1.89. The SMILES string of the molecule is C[C@@H]1S[C@@H](C(c2cccc(C(=O)O)c2)C2CC2)OC1=O. The van der Waals surface area contributed by atoms with E-state index in [-0.39, 0.29) is 28.1 Å². The van der Waals surface area contributed by atoms with E-state index < -0.39 is 5.97 Å². The van der Waals surface area contributed by atoms with Crippen molar-refractivity contribution in [1.82, 2.24) is 0 Å². The predicted molar refractivity (Wildman–Crippen MR) is 75.8 cm³/mol. The highest BCUT2D eigenvalue weighted by Crippen LogP contribution is 2.50. The number of carbonyl (C=O) groups is 2. The van der Waals surface area contributed by atoms with Gasteiger partial charge in [0.1, 0.15) is 5.25 Å². The second-order valence-corrected chi connectivity index (χ2v) is 6.82. The fraction of sp³-hybridized carbons (Fsp3) is 0.467. The number of hydrogen-bond acceptors (Lipinski definition) is 4. The third-order valence-electron chi connectivity index (χ3n) is 3.84. The summed E-state index contributed by atoms with van der Waals surface area (Å²) in [5, 5.41) is 8.97. The number of carboxylic acids is 1. The topological polar surface area (TPSA) is 63.6 Å². The Kier molecular flexibility index (Phi) is 3.46. The van der Waals surface area contributed by atoms with Gasteiger partial charge in [0.05, 0.1) is 5.56 Å². The molecule has 5 heteroatoms. The smallest absolute Gasteiger partial charge is 0.335 e. The van der Waals surface area contributed by atoms with Gasteiger partial charge in [-0.25, -0.2) is 4.79 Å². The van der Waals surface area contributed by atoms with Crippen LogP contribution in [0.25, 0.3) is 0 Å². The van der Waals surface area contributed by atoms with Crippen molar-refractivity contribution in [3.8, 4) is 0 Å². The lowest BCUT2D eigenvalue weighted by atomic mass is 9.93. The van der Waals surface area contributed by atoms with E-state index in [1.54, 1.807) is 18.2 Å². The Labute approximate surface area is 121 Å². The molecule has 0 radical (unpaired) electrons. The second kappa shape index (κ2) is 5.13. The summed E-state index contributed by atoms with van der Waals surface area (Å²) < 4.78 is 5.47. The standard InChI is InChI=1S/C15H16O4S/c1-8-14(18)19-15(20-8)12(9-5-6-9)10-3-2-4-11(7-10)13(16)17/h2-4,7-9,12,15H,5-6H2,1H3,(H,16,17)/t8-,12?,15-/m0/s1. The van der Waals surface area contributed by atoms with Gasteiger partial charge in [-0.3, -0.25) is 4.79 Å². The molecule has 0 aromatic heterocycles. The lowest BCUT2D eigenvalue weighted by Crippen LogP contribution is -2.18. The molecule has 1 aromatic carbocycles. The van der Waals surface area contributed by atoms with Crippen molar-refractivity contribution in [2.45, 2.75) is 36.4 Å². The normalized spacial score (nSPS) is 27.1. The molecule has 2 fully saturated rings. The molecule has 0 amide bonds. The van der Waals surface area contributed by atoms with E-state index in [0.29, 0.717) is 5.92 Å². The molecule has 1 aromatic rings. The van der Waals surface area contributed by atoms with Crippen molar-refractivity contribution in [3.63, 3.8) is 0 Å². The average Bonchev–Trinajstić information content (AvgIpc) is 3.18. The van der Waals surface area contributed by atoms with Crippen LogP contribution in [0.5, 0.6) is 0 Å². The first-order valence-corrected chi connectivity index (χ1v) is 7.70. The van der Waals surface area contributed by atoms with Gasteiger partial charge in [-0.15, -0.1) is 11.8 Å². The highest BCUT2D eigenvalue weighted by atomic mass is 32.2. The average molecular weight is 292 g/mol. The Hall–Kier alpha value is -1.49. The second-order valence-electron chi connectivity index (χ2n) is 5.38. The highest BCUT2D eigenvalue weighted by Gasteiger charge is 2.44. The quantitative estimate of drug-likeness (QED) is 0.864. The molecule has 1 aliphatic heterocycles. The first-order chi connectivity index (χ1) is 9.56. The molecule has 1 saturated heterocycles. The van der Waals surface area contributed by atoms with Crippen molar-refractivity contribution < 1.29 is 19.4 Å². The van der Waals surface area contributed by atoms with Crippen molar-refractivity contribution in [2.75, 3.05) is 0 Å². The van der Waals surface area contributed by atoms with Crippen LogP contribution in [-0.4, -0.2) is 27.7 Å². The molecular formula is C15H16O4S. The summed E-state index contributed by atoms with van der Waals surface area (Å²) in [4.78, 5) is 22.7. The number of aromatic carboxylic acids is 1. The molecule has 1 unspecified atom stereocenters. The number of rotatable bonds is 4. The van der Waals surface area contributed by atoms with Crippen LogP contribution in [0.1, 0.15) is 41.6 Å². The molecule has 4 nitrogen and oxygen atoms in total. The van der Waals surface area contributed by atoms with Crippen molar-refractivity contribution in [3.05, 3.63) is 35.4 Å². The molecule has 2 aliphatic rings. The van der Waals surface area contributed by atoms with Crippen LogP contribution in [0.2, 0.25) is 0 Å². The Bertz CT molecular complexity index is 553. The van der Waals surface area contributed by atoms with Crippen molar-refractivity contribution >= 4 is 23.7 Å². The van der Waals surface area contributed by atoms with Gasteiger partial charge in [-0.2, -0.15) is 0 Å². The minimum Gasteiger partial charge on any atom is -0.478 e. The van der Waals surface area contributed by atoms with Gasteiger partial charge in [0.25, 0.3) is 0 Å². The summed E-state index contributed by atoms with van der Waals surface area (Å²) in [7, 11) is 0. The maximum absolute atomic E-state index is 11.6. The fourth-order valence-corrected chi connectivity index (χ4v) is 3.91. The molecule has 1 heterocycles. The number of benzene rings is 1. The monoisotopic (exact) mass is 292 g/mol. The van der Waals surface area contributed by atoms with Crippen LogP contribution >= 0.6 is 11.8 Å². The molecule has 1 N–H and O–H groups in total. The Morgan fingerprint density at radius 1 is 1.45 bits per heavy atom. The van der Waals surface area contributed by atoms with Gasteiger partial charge in [-0.1, -0.05) is 12.1 Å². The van der Waals surface area contributed by atoms with Crippen LogP contribution < -0.4 is 0 Å². The van der Waals surface area contributed by atoms with E-state index in [2.05, 4.69) is 0 Å². The molecule has 1 saturated carbocycles. The van der Waals surface area contributed by atoms with Crippen LogP contribution in [0.15, 0.2) is 24.3 Å². The van der Waals surface area contributed by atoms with Gasteiger partial charge in [0.15, 0.2) is 5.44 Å². The number of ether oxygens (including phenoxy) is 1. The lowest BCUT2D eigenvalue weighted by Gasteiger charge is -2.22. The molecule has 3 atom stereocenters. The number of esters is 1. The van der Waals surface area contributed by atoms with Crippen LogP contribution in [0, 0.1) is 5.92 Å². The molecule has 106 valence electrons. The summed E-state index contributed by atoms with van der Waals surface area (Å²) in [5.74, 6) is -0.492. The van der Waals surface area contributed by atoms with E-state index in [0.717, 1.165) is 18.4 Å². The van der Waals surface area contributed by atoms with Crippen LogP contribution in [0.4, 0.5) is 0 Å². The molecule has 3 rings (SSSR count). The minimum absolute atomic E-state index is 0.105. The predicted octanol–water partition coefficient (Wildman–Crippen LogP) is 2.88. The van der Waals surface area contributed by atoms with E-state index in [4.69, 9.17) is 9.84 Å². The number of hydrogen-bond donors (Lipinski definition) is 1. The zero-order valence-corrected chi connectivity index (χ0v) is 11.9. The van der Waals surface area contributed by atoms with Gasteiger partial charge in [0.2, 0.25) is 0 Å². The van der Waals surface area contributed by atoms with Gasteiger partial charge >= 0.3 is 11.9 Å². The number of carbonyl (C=O) groups excluding carboxylic acids is 1. The summed E-state index contributed by atoms with van der Waals surface area (Å²) in [5.41, 5.74) is 1.07. The molecule has 0 spiro atoms. The maximum atomic E-state index is 11.6. The maximum Gasteiger partial charge on any atom is 0.335 e. The van der Waals surface area contributed by atoms with Gasteiger partial charge in [-0.05, 0) is 43.4 Å². The van der Waals surface area contributed by atoms with Gasteiger partial charge < -0.3 is 9.84 Å². The highest BCUT2D eigenvalue weighted by molar-refractivity contribution is 8.01. The zero-order chi connectivity index (χ0) is 14.3.